The van der Waals surface area contributed by atoms with Crippen molar-refractivity contribution < 1.29 is 33.4 Å². The first kappa shape index (κ1) is 47.3. The number of hydrogen-bond acceptors (Lipinski definition) is 11. The number of amides is 5. The fourth-order valence-corrected chi connectivity index (χ4v) is 10.1. The first-order chi connectivity index (χ1) is 31.0. The highest BCUT2D eigenvalue weighted by Gasteiger charge is 2.41. The van der Waals surface area contributed by atoms with Gasteiger partial charge in [0.15, 0.2) is 0 Å². The lowest BCUT2D eigenvalue weighted by molar-refractivity contribution is -0.155. The Morgan fingerprint density at radius 2 is 1.94 bits per heavy atom. The Morgan fingerprint density at radius 1 is 1.15 bits per heavy atom. The Morgan fingerprint density at radius 3 is 2.63 bits per heavy atom. The van der Waals surface area contributed by atoms with Crippen molar-refractivity contribution in [1.82, 2.24) is 45.4 Å². The minimum Gasteiger partial charge on any atom is -0.464 e. The van der Waals surface area contributed by atoms with Crippen LogP contribution in [0.4, 0.5) is 4.79 Å². The summed E-state index contributed by atoms with van der Waals surface area (Å²) in [6, 6.07) is 7.02. The maximum atomic E-state index is 14.6. The molecule has 2 saturated heterocycles. The van der Waals surface area contributed by atoms with E-state index in [0.29, 0.717) is 50.3 Å². The molecule has 4 aromatic rings. The Balaban J connectivity index is 1.25. The van der Waals surface area contributed by atoms with Gasteiger partial charge in [-0.25, -0.2) is 15.2 Å². The molecule has 3 aromatic heterocycles. The van der Waals surface area contributed by atoms with E-state index in [1.54, 1.807) is 25.3 Å². The largest absolute Gasteiger partial charge is 0.464 e. The lowest BCUT2D eigenvalue weighted by atomic mass is 9.84. The SMILES string of the molecule is C=CC(=O)NCC1CCN1C(=O)N(C)[C@H](C(=O)N[C@H]1Cc2nc(cs2)-c2ccc3c(c2)c(c(-c2cccnc2[C@H](C)OC)n3CC)CC(C)(C)COC(=O)[C@@H]2CCCN(N2)C1=O)C(C)C. The van der Waals surface area contributed by atoms with E-state index in [1.807, 2.05) is 32.2 Å². The highest BCUT2D eigenvalue weighted by atomic mass is 32.1. The fraction of sp³-hybridized carbons (Fsp3) is 0.521. The number of pyridine rings is 1. The quantitative estimate of drug-likeness (QED) is 0.126. The third kappa shape index (κ3) is 9.97. The summed E-state index contributed by atoms with van der Waals surface area (Å²) in [4.78, 5) is 81.5. The molecule has 348 valence electrons. The molecule has 2 fully saturated rings. The summed E-state index contributed by atoms with van der Waals surface area (Å²) in [7, 11) is 3.27. The monoisotopic (exact) mass is 909 g/mol. The number of urea groups is 1. The van der Waals surface area contributed by atoms with Crippen LogP contribution in [0.25, 0.3) is 33.4 Å². The average molecular weight is 910 g/mol. The number of nitrogens with one attached hydrogen (secondary N) is 3. The van der Waals surface area contributed by atoms with Crippen LogP contribution in [-0.2, 0) is 48.0 Å². The number of benzene rings is 1. The summed E-state index contributed by atoms with van der Waals surface area (Å²) in [6.07, 6.45) is 5.07. The Labute approximate surface area is 385 Å². The summed E-state index contributed by atoms with van der Waals surface area (Å²) >= 11 is 1.40. The van der Waals surface area contributed by atoms with Crippen molar-refractivity contribution in [3.63, 3.8) is 0 Å². The summed E-state index contributed by atoms with van der Waals surface area (Å²) in [5.41, 5.74) is 9.24. The van der Waals surface area contributed by atoms with Crippen molar-refractivity contribution >= 4 is 52.0 Å². The molecule has 0 aliphatic carbocycles. The number of methoxy groups -OCH3 is 1. The van der Waals surface area contributed by atoms with E-state index in [0.717, 1.165) is 44.7 Å². The van der Waals surface area contributed by atoms with Crippen LogP contribution in [0, 0.1) is 11.3 Å². The van der Waals surface area contributed by atoms with E-state index in [2.05, 4.69) is 72.2 Å². The molecule has 65 heavy (non-hydrogen) atoms. The zero-order valence-electron chi connectivity index (χ0n) is 38.8. The predicted octanol–water partition coefficient (Wildman–Crippen LogP) is 5.66. The van der Waals surface area contributed by atoms with Crippen LogP contribution in [0.1, 0.15) is 83.2 Å². The molecular weight excluding hydrogens is 847 g/mol. The molecular formula is C48H63N9O7S. The molecule has 1 unspecified atom stereocenters. The third-order valence-electron chi connectivity index (χ3n) is 12.9. The van der Waals surface area contributed by atoms with E-state index >= 15 is 0 Å². The van der Waals surface area contributed by atoms with Crippen molar-refractivity contribution in [3.8, 4) is 22.5 Å². The summed E-state index contributed by atoms with van der Waals surface area (Å²) in [5, 5.41) is 10.8. The lowest BCUT2D eigenvalue weighted by Crippen LogP contribution is -2.64. The number of thiazole rings is 1. The fourth-order valence-electron chi connectivity index (χ4n) is 9.26. The van der Waals surface area contributed by atoms with Crippen molar-refractivity contribution in [2.45, 2.75) is 110 Å². The van der Waals surface area contributed by atoms with Gasteiger partial charge in [0.1, 0.15) is 18.1 Å². The number of ether oxygens (including phenoxy) is 2. The second-order valence-electron chi connectivity index (χ2n) is 18.4. The lowest BCUT2D eigenvalue weighted by Gasteiger charge is -2.44. The van der Waals surface area contributed by atoms with E-state index in [9.17, 15) is 24.0 Å². The van der Waals surface area contributed by atoms with Crippen LogP contribution in [-0.4, -0.2) is 124 Å². The Kier molecular flexibility index (Phi) is 14.4. The maximum absolute atomic E-state index is 14.6. The van der Waals surface area contributed by atoms with E-state index < -0.39 is 41.3 Å². The van der Waals surface area contributed by atoms with Crippen LogP contribution in [0.5, 0.6) is 0 Å². The van der Waals surface area contributed by atoms with Gasteiger partial charge in [-0.1, -0.05) is 40.3 Å². The molecule has 3 aliphatic rings. The van der Waals surface area contributed by atoms with Gasteiger partial charge in [-0.15, -0.1) is 11.3 Å². The molecule has 0 radical (unpaired) electrons. The summed E-state index contributed by atoms with van der Waals surface area (Å²) in [5.74, 6) is -2.03. The highest BCUT2D eigenvalue weighted by Crippen LogP contribution is 2.42. The standard InChI is InChI=1S/C48H63N9O7S/c1-10-39(58)50-25-31-18-21-56(31)47(62)54(8)42(28(3)4)44(59)52-36-23-40-51-37(26-65-40)30-16-17-38-33(22-30)34(43(55(38)11-2)32-14-12-19-49-41(32)29(5)63-9)24-48(6,7)27-64-46(61)35-15-13-20-57(53-35)45(36)60/h10,12,14,16-17,19,22,26,28-29,31,35-36,42,53H,1,11,13,15,18,20-21,23-25,27H2,2-9H3,(H,50,58)(H,52,59)/t29-,31?,35-,36-,42-/m0/s1. The third-order valence-corrected chi connectivity index (χ3v) is 13.7. The van der Waals surface area contributed by atoms with Crippen molar-refractivity contribution in [1.29, 1.82) is 0 Å². The number of rotatable bonds is 11. The van der Waals surface area contributed by atoms with E-state index in [-0.39, 0.29) is 49.6 Å². The zero-order chi connectivity index (χ0) is 46.7. The predicted molar refractivity (Wildman–Crippen MR) is 249 cm³/mol. The van der Waals surface area contributed by atoms with Gasteiger partial charge in [-0.2, -0.15) is 0 Å². The normalized spacial score (nSPS) is 20.9. The molecule has 3 aliphatic heterocycles. The molecule has 5 atom stereocenters. The molecule has 1 aromatic carbocycles. The smallest absolute Gasteiger partial charge is 0.324 e. The number of likely N-dealkylation sites (tertiary alicyclic amines) is 1. The number of hydrazine groups is 1. The molecule has 5 amide bonds. The Hall–Kier alpha value is -5.65. The van der Waals surface area contributed by atoms with Crippen LogP contribution in [0.15, 0.2) is 54.6 Å². The van der Waals surface area contributed by atoms with Gasteiger partial charge in [0.05, 0.1) is 40.8 Å². The number of nitrogens with zero attached hydrogens (tertiary/aromatic N) is 6. The average Bonchev–Trinajstić information content (AvgIpc) is 3.88. The van der Waals surface area contributed by atoms with Crippen LogP contribution >= 0.6 is 11.3 Å². The van der Waals surface area contributed by atoms with Gasteiger partial charge < -0.3 is 34.5 Å². The molecule has 16 nitrogen and oxygen atoms in total. The molecule has 0 spiro atoms. The zero-order valence-corrected chi connectivity index (χ0v) is 39.6. The number of carbonyl (C=O) groups excluding carboxylic acids is 5. The number of carbonyl (C=O) groups is 5. The van der Waals surface area contributed by atoms with Gasteiger partial charge in [0.25, 0.3) is 5.91 Å². The van der Waals surface area contributed by atoms with Gasteiger partial charge >= 0.3 is 12.0 Å². The van der Waals surface area contributed by atoms with Gasteiger partial charge in [-0.05, 0) is 81.4 Å². The minimum atomic E-state index is -1.09. The Bertz CT molecular complexity index is 2450. The number of likely N-dealkylation sites (N-methyl/N-ethyl adjacent to an activating group) is 1. The number of cyclic esters (lactones) is 1. The number of esters is 1. The van der Waals surface area contributed by atoms with Gasteiger partial charge in [0.2, 0.25) is 11.8 Å². The molecule has 6 bridgehead atoms. The maximum Gasteiger partial charge on any atom is 0.324 e. The molecule has 0 saturated carbocycles. The summed E-state index contributed by atoms with van der Waals surface area (Å²) in [6.45, 7) is 17.4. The first-order valence-corrected chi connectivity index (χ1v) is 23.5. The van der Waals surface area contributed by atoms with E-state index in [1.165, 1.54) is 27.3 Å². The molecule has 3 N–H and O–H groups in total. The minimum absolute atomic E-state index is 0.0712. The van der Waals surface area contributed by atoms with Gasteiger partial charge in [0, 0.05) is 85.8 Å². The van der Waals surface area contributed by atoms with Crippen molar-refractivity contribution in [2.24, 2.45) is 11.3 Å². The number of fused-ring (bicyclic) bond motifs is 6. The van der Waals surface area contributed by atoms with Crippen LogP contribution < -0.4 is 16.1 Å². The van der Waals surface area contributed by atoms with Crippen LogP contribution in [0.3, 0.4) is 0 Å². The van der Waals surface area contributed by atoms with Crippen LogP contribution in [0.2, 0.25) is 0 Å². The summed E-state index contributed by atoms with van der Waals surface area (Å²) < 4.78 is 14.2. The molecule has 6 heterocycles. The molecule has 17 heteroatoms. The number of aromatic nitrogens is 3. The highest BCUT2D eigenvalue weighted by molar-refractivity contribution is 7.10. The second kappa shape index (κ2) is 19.8. The second-order valence-corrected chi connectivity index (χ2v) is 19.4. The van der Waals surface area contributed by atoms with Gasteiger partial charge in [-0.3, -0.25) is 29.2 Å². The van der Waals surface area contributed by atoms with Crippen molar-refractivity contribution in [2.75, 3.05) is 40.4 Å². The van der Waals surface area contributed by atoms with E-state index in [4.69, 9.17) is 19.4 Å². The van der Waals surface area contributed by atoms with Crippen molar-refractivity contribution in [3.05, 3.63) is 70.8 Å². The topological polar surface area (TPSA) is 180 Å². The number of hydrogen-bond donors (Lipinski definition) is 3. The first-order valence-electron chi connectivity index (χ1n) is 22.6. The molecule has 7 rings (SSSR count). The number of aryl methyl sites for hydroxylation is 1.